The molecule has 1 aromatic heterocycles. The number of aromatic nitrogens is 1. The van der Waals surface area contributed by atoms with Crippen LogP contribution in [0.1, 0.15) is 11.1 Å². The molecule has 0 bridgehead atoms. The summed E-state index contributed by atoms with van der Waals surface area (Å²) in [7, 11) is 3.06. The Morgan fingerprint density at radius 3 is 1.59 bits per heavy atom. The van der Waals surface area contributed by atoms with Gasteiger partial charge in [-0.15, -0.1) is 0 Å². The standard InChI is InChI=1S/C21H19N3O4.Co/c1-27-16-8-6-14(18(25)10-16)12-22-20-4-3-5-21(24-20)23-13-15-7-9-17(28-2)11-19(15)26;/h3-13,25-26H,1-2H3;. The van der Waals surface area contributed by atoms with Gasteiger partial charge in [-0.25, -0.2) is 15.0 Å². The maximum Gasteiger partial charge on any atom is 0.154 e. The first-order valence-corrected chi connectivity index (χ1v) is 8.38. The average molecular weight is 436 g/mol. The number of rotatable bonds is 6. The number of hydrogen-bond acceptors (Lipinski definition) is 7. The minimum absolute atomic E-state index is 0. The molecule has 1 heterocycles. The number of methoxy groups -OCH3 is 2. The number of nitrogens with zero attached hydrogens (tertiary/aromatic N) is 3. The topological polar surface area (TPSA) is 96.5 Å². The van der Waals surface area contributed by atoms with Crippen LogP contribution < -0.4 is 9.47 Å². The summed E-state index contributed by atoms with van der Waals surface area (Å²) >= 11 is 0. The fraction of sp³-hybridized carbons (Fsp3) is 0.0952. The van der Waals surface area contributed by atoms with E-state index in [9.17, 15) is 10.2 Å². The van der Waals surface area contributed by atoms with Crippen molar-refractivity contribution >= 4 is 24.1 Å². The van der Waals surface area contributed by atoms with Gasteiger partial charge in [-0.05, 0) is 36.4 Å². The molecule has 0 fully saturated rings. The minimum Gasteiger partial charge on any atom is -0.507 e. The van der Waals surface area contributed by atoms with Crippen LogP contribution in [-0.2, 0) is 16.8 Å². The molecule has 7 nitrogen and oxygen atoms in total. The van der Waals surface area contributed by atoms with Crippen molar-refractivity contribution < 1.29 is 36.5 Å². The molecule has 0 atom stereocenters. The number of aliphatic imine (C=N–C) groups is 2. The molecule has 0 spiro atoms. The van der Waals surface area contributed by atoms with E-state index in [0.717, 1.165) is 0 Å². The van der Waals surface area contributed by atoms with E-state index in [2.05, 4.69) is 15.0 Å². The van der Waals surface area contributed by atoms with Crippen LogP contribution >= 0.6 is 0 Å². The van der Waals surface area contributed by atoms with E-state index in [1.807, 2.05) is 0 Å². The van der Waals surface area contributed by atoms with Crippen LogP contribution in [0.3, 0.4) is 0 Å². The van der Waals surface area contributed by atoms with Crippen LogP contribution in [0.4, 0.5) is 11.6 Å². The molecule has 0 unspecified atom stereocenters. The largest absolute Gasteiger partial charge is 0.507 e. The zero-order valence-corrected chi connectivity index (χ0v) is 16.8. The number of benzene rings is 2. The summed E-state index contributed by atoms with van der Waals surface area (Å²) in [6.45, 7) is 0. The van der Waals surface area contributed by atoms with E-state index in [-0.39, 0.29) is 28.3 Å². The Morgan fingerprint density at radius 2 is 1.21 bits per heavy atom. The summed E-state index contributed by atoms with van der Waals surface area (Å²) < 4.78 is 10.1. The molecule has 0 aliphatic heterocycles. The van der Waals surface area contributed by atoms with Crippen LogP contribution in [0.5, 0.6) is 23.0 Å². The molecule has 3 rings (SSSR count). The Morgan fingerprint density at radius 1 is 0.759 bits per heavy atom. The quantitative estimate of drug-likeness (QED) is 0.570. The van der Waals surface area contributed by atoms with Crippen molar-refractivity contribution in [3.8, 4) is 23.0 Å². The SMILES string of the molecule is COc1ccc(C=Nc2cccc(N=Cc3ccc(OC)cc3O)n2)c(O)c1.[Co]. The van der Waals surface area contributed by atoms with Crippen molar-refractivity contribution in [2.45, 2.75) is 0 Å². The van der Waals surface area contributed by atoms with E-state index in [1.54, 1.807) is 42.5 Å². The summed E-state index contributed by atoms with van der Waals surface area (Å²) in [6.07, 6.45) is 3.03. The van der Waals surface area contributed by atoms with Gasteiger partial charge >= 0.3 is 0 Å². The van der Waals surface area contributed by atoms with Gasteiger partial charge < -0.3 is 19.7 Å². The number of ether oxygens (including phenoxy) is 2. The van der Waals surface area contributed by atoms with E-state index in [1.165, 1.54) is 38.8 Å². The summed E-state index contributed by atoms with van der Waals surface area (Å²) in [5.74, 6) is 2.11. The van der Waals surface area contributed by atoms with Gasteiger partial charge in [0.15, 0.2) is 11.6 Å². The summed E-state index contributed by atoms with van der Waals surface area (Å²) in [5.41, 5.74) is 1.08. The number of phenolic OH excluding ortho intramolecular Hbond substituents is 2. The molecular formula is C21H19CoN3O4. The van der Waals surface area contributed by atoms with Gasteiger partial charge in [0.1, 0.15) is 23.0 Å². The van der Waals surface area contributed by atoms with Crippen molar-refractivity contribution in [2.75, 3.05) is 14.2 Å². The molecule has 2 aromatic carbocycles. The van der Waals surface area contributed by atoms with Gasteiger partial charge in [0, 0.05) is 52.5 Å². The van der Waals surface area contributed by atoms with E-state index >= 15 is 0 Å². The molecule has 8 heteroatoms. The van der Waals surface area contributed by atoms with Crippen molar-refractivity contribution in [3.63, 3.8) is 0 Å². The molecule has 2 N–H and O–H groups in total. The average Bonchev–Trinajstić information content (AvgIpc) is 2.72. The summed E-state index contributed by atoms with van der Waals surface area (Å²) in [4.78, 5) is 12.9. The Labute approximate surface area is 178 Å². The second-order valence-corrected chi connectivity index (χ2v) is 5.72. The first-order valence-electron chi connectivity index (χ1n) is 8.38. The second kappa shape index (κ2) is 10.3. The summed E-state index contributed by atoms with van der Waals surface area (Å²) in [5, 5.41) is 20.0. The first-order chi connectivity index (χ1) is 13.6. The van der Waals surface area contributed by atoms with Crippen LogP contribution in [0.15, 0.2) is 64.6 Å². The van der Waals surface area contributed by atoms with Crippen LogP contribution in [0.25, 0.3) is 0 Å². The van der Waals surface area contributed by atoms with E-state index in [0.29, 0.717) is 34.3 Å². The number of aromatic hydroxyl groups is 2. The third-order valence-electron chi connectivity index (χ3n) is 3.87. The van der Waals surface area contributed by atoms with Gasteiger partial charge in [-0.3, -0.25) is 0 Å². The molecule has 29 heavy (non-hydrogen) atoms. The molecule has 0 aliphatic carbocycles. The van der Waals surface area contributed by atoms with Gasteiger partial charge in [0.25, 0.3) is 0 Å². The smallest absolute Gasteiger partial charge is 0.154 e. The molecule has 1 radical (unpaired) electrons. The third-order valence-corrected chi connectivity index (χ3v) is 3.87. The number of phenols is 2. The maximum absolute atomic E-state index is 9.98. The Bertz CT molecular complexity index is 959. The van der Waals surface area contributed by atoms with E-state index < -0.39 is 0 Å². The normalized spacial score (nSPS) is 10.8. The number of pyridine rings is 1. The Hall–Kier alpha value is -3.36. The van der Waals surface area contributed by atoms with Gasteiger partial charge in [-0.2, -0.15) is 0 Å². The van der Waals surface area contributed by atoms with Crippen LogP contribution in [-0.4, -0.2) is 41.8 Å². The third kappa shape index (κ3) is 5.80. The molecule has 3 aromatic rings. The second-order valence-electron chi connectivity index (χ2n) is 5.72. The molecule has 151 valence electrons. The minimum atomic E-state index is 0. The predicted octanol–water partition coefficient (Wildman–Crippen LogP) is 4.01. The van der Waals surface area contributed by atoms with Crippen molar-refractivity contribution in [3.05, 3.63) is 65.7 Å². The Kier molecular flexibility index (Phi) is 7.75. The van der Waals surface area contributed by atoms with Crippen molar-refractivity contribution in [2.24, 2.45) is 9.98 Å². The Balaban J connectivity index is 0.00000300. The summed E-state index contributed by atoms with van der Waals surface area (Å²) in [6, 6.07) is 15.1. The zero-order chi connectivity index (χ0) is 19.9. The van der Waals surface area contributed by atoms with Crippen LogP contribution in [0, 0.1) is 0 Å². The van der Waals surface area contributed by atoms with Gasteiger partial charge in [-0.1, -0.05) is 6.07 Å². The predicted molar refractivity (Wildman–Crippen MR) is 108 cm³/mol. The molecule has 0 saturated carbocycles. The molecular weight excluding hydrogens is 417 g/mol. The molecule has 0 aliphatic rings. The monoisotopic (exact) mass is 436 g/mol. The van der Waals surface area contributed by atoms with Gasteiger partial charge in [0.2, 0.25) is 0 Å². The van der Waals surface area contributed by atoms with Gasteiger partial charge in [0.05, 0.1) is 14.2 Å². The van der Waals surface area contributed by atoms with E-state index in [4.69, 9.17) is 9.47 Å². The zero-order valence-electron chi connectivity index (χ0n) is 15.7. The molecule has 0 amide bonds. The van der Waals surface area contributed by atoms with Crippen molar-refractivity contribution in [1.29, 1.82) is 0 Å². The fourth-order valence-corrected chi connectivity index (χ4v) is 2.35. The fourth-order valence-electron chi connectivity index (χ4n) is 2.35. The first kappa shape index (κ1) is 21.9. The van der Waals surface area contributed by atoms with Crippen LogP contribution in [0.2, 0.25) is 0 Å². The molecule has 0 saturated heterocycles. The maximum atomic E-state index is 9.98. The van der Waals surface area contributed by atoms with Crippen molar-refractivity contribution in [1.82, 2.24) is 4.98 Å². The number of hydrogen-bond donors (Lipinski definition) is 2.